The maximum absolute atomic E-state index is 12.4. The summed E-state index contributed by atoms with van der Waals surface area (Å²) < 4.78 is 5.12. The van der Waals surface area contributed by atoms with Crippen molar-refractivity contribution in [1.29, 1.82) is 0 Å². The number of nitrogens with zero attached hydrogens (tertiary/aromatic N) is 1. The third kappa shape index (κ3) is 5.02. The Hall–Kier alpha value is -1.59. The summed E-state index contributed by atoms with van der Waals surface area (Å²) in [6.07, 6.45) is 0. The first-order chi connectivity index (χ1) is 9.86. The first-order valence-electron chi connectivity index (χ1n) is 7.28. The molecule has 0 heterocycles. The van der Waals surface area contributed by atoms with E-state index in [1.165, 1.54) is 0 Å². The highest BCUT2D eigenvalue weighted by Gasteiger charge is 2.23. The number of anilines is 2. The second kappa shape index (κ2) is 8.00. The molecule has 1 unspecified atom stereocenters. The van der Waals surface area contributed by atoms with Gasteiger partial charge in [-0.3, -0.25) is 9.69 Å². The second-order valence-electron chi connectivity index (χ2n) is 5.56. The average molecular weight is 293 g/mol. The van der Waals surface area contributed by atoms with Crippen molar-refractivity contribution in [3.05, 3.63) is 23.8 Å². The van der Waals surface area contributed by atoms with E-state index in [1.54, 1.807) is 13.2 Å². The summed E-state index contributed by atoms with van der Waals surface area (Å²) in [5.41, 5.74) is 8.19. The molecule has 5 nitrogen and oxygen atoms in total. The molecule has 0 bridgehead atoms. The number of aryl methyl sites for hydroxylation is 1. The van der Waals surface area contributed by atoms with E-state index in [0.717, 1.165) is 17.8 Å². The van der Waals surface area contributed by atoms with Gasteiger partial charge in [-0.1, -0.05) is 0 Å². The topological polar surface area (TPSA) is 67.6 Å². The van der Waals surface area contributed by atoms with Crippen LogP contribution in [0, 0.1) is 6.92 Å². The summed E-state index contributed by atoms with van der Waals surface area (Å²) in [7, 11) is 1.67. The smallest absolute Gasteiger partial charge is 0.241 e. The number of ether oxygens (including phenoxy) is 1. The Balaban J connectivity index is 2.76. The molecule has 0 saturated carbocycles. The van der Waals surface area contributed by atoms with Crippen LogP contribution in [0.2, 0.25) is 0 Å². The number of hydrogen-bond acceptors (Lipinski definition) is 4. The number of carbonyl (C=O) groups is 1. The van der Waals surface area contributed by atoms with E-state index in [4.69, 9.17) is 10.5 Å². The zero-order valence-corrected chi connectivity index (χ0v) is 13.6. The lowest BCUT2D eigenvalue weighted by atomic mass is 10.1. The summed E-state index contributed by atoms with van der Waals surface area (Å²) in [6, 6.07) is 5.53. The highest BCUT2D eigenvalue weighted by Crippen LogP contribution is 2.18. The fourth-order valence-electron chi connectivity index (χ4n) is 2.31. The van der Waals surface area contributed by atoms with Crippen molar-refractivity contribution in [3.63, 3.8) is 0 Å². The van der Waals surface area contributed by atoms with Crippen LogP contribution in [0.5, 0.6) is 0 Å². The highest BCUT2D eigenvalue weighted by molar-refractivity contribution is 5.95. The van der Waals surface area contributed by atoms with Crippen molar-refractivity contribution in [1.82, 2.24) is 4.90 Å². The summed E-state index contributed by atoms with van der Waals surface area (Å²) in [4.78, 5) is 14.6. The quantitative estimate of drug-likeness (QED) is 0.757. The molecule has 0 aromatic heterocycles. The van der Waals surface area contributed by atoms with Crippen molar-refractivity contribution in [2.24, 2.45) is 0 Å². The van der Waals surface area contributed by atoms with Gasteiger partial charge >= 0.3 is 0 Å². The molecule has 118 valence electrons. The number of amides is 1. The number of nitrogens with one attached hydrogen (secondary N) is 1. The van der Waals surface area contributed by atoms with E-state index < -0.39 is 0 Å². The van der Waals surface area contributed by atoms with Crippen molar-refractivity contribution < 1.29 is 9.53 Å². The molecule has 0 saturated heterocycles. The zero-order valence-electron chi connectivity index (χ0n) is 13.6. The van der Waals surface area contributed by atoms with Gasteiger partial charge in [0.15, 0.2) is 0 Å². The Kier molecular flexibility index (Phi) is 6.65. The Bertz CT molecular complexity index is 475. The van der Waals surface area contributed by atoms with Gasteiger partial charge in [-0.2, -0.15) is 0 Å². The van der Waals surface area contributed by atoms with E-state index in [9.17, 15) is 4.79 Å². The SMILES string of the molecule is COCCN(C(C)C)C(C)C(=O)Nc1ccc(N)cc1C. The molecule has 1 aromatic carbocycles. The van der Waals surface area contributed by atoms with Crippen LogP contribution in [0.1, 0.15) is 26.3 Å². The molecule has 0 fully saturated rings. The minimum atomic E-state index is -0.225. The van der Waals surface area contributed by atoms with Crippen molar-refractivity contribution in [2.45, 2.75) is 39.8 Å². The van der Waals surface area contributed by atoms with Crippen molar-refractivity contribution in [2.75, 3.05) is 31.3 Å². The number of nitrogens with two attached hydrogens (primary N) is 1. The molecular weight excluding hydrogens is 266 g/mol. The van der Waals surface area contributed by atoms with Crippen molar-refractivity contribution in [3.8, 4) is 0 Å². The van der Waals surface area contributed by atoms with E-state index >= 15 is 0 Å². The Labute approximate surface area is 127 Å². The summed E-state index contributed by atoms with van der Waals surface area (Å²) in [5.74, 6) is -0.0207. The van der Waals surface area contributed by atoms with Crippen LogP contribution in [0.15, 0.2) is 18.2 Å². The number of carbonyl (C=O) groups excluding carboxylic acids is 1. The summed E-state index contributed by atoms with van der Waals surface area (Å²) in [5, 5.41) is 2.97. The third-order valence-corrected chi connectivity index (χ3v) is 3.60. The van der Waals surface area contributed by atoms with Gasteiger partial charge in [-0.05, 0) is 51.5 Å². The number of methoxy groups -OCH3 is 1. The van der Waals surface area contributed by atoms with Gasteiger partial charge in [0.1, 0.15) is 0 Å². The van der Waals surface area contributed by atoms with Gasteiger partial charge in [0, 0.05) is 31.1 Å². The molecule has 0 spiro atoms. The zero-order chi connectivity index (χ0) is 16.0. The van der Waals surface area contributed by atoms with E-state index in [1.807, 2.05) is 26.0 Å². The molecule has 3 N–H and O–H groups in total. The lowest BCUT2D eigenvalue weighted by molar-refractivity contribution is -0.121. The Morgan fingerprint density at radius 1 is 1.38 bits per heavy atom. The van der Waals surface area contributed by atoms with Crippen LogP contribution in [-0.2, 0) is 9.53 Å². The van der Waals surface area contributed by atoms with E-state index in [0.29, 0.717) is 12.3 Å². The van der Waals surface area contributed by atoms with Gasteiger partial charge in [0.05, 0.1) is 12.6 Å². The fraction of sp³-hybridized carbons (Fsp3) is 0.562. The summed E-state index contributed by atoms with van der Waals surface area (Å²) in [6.45, 7) is 9.33. The Morgan fingerprint density at radius 2 is 2.05 bits per heavy atom. The molecule has 0 aliphatic carbocycles. The monoisotopic (exact) mass is 293 g/mol. The van der Waals surface area contributed by atoms with E-state index in [-0.39, 0.29) is 18.0 Å². The molecular formula is C16H27N3O2. The van der Waals surface area contributed by atoms with Crippen LogP contribution in [0.4, 0.5) is 11.4 Å². The lowest BCUT2D eigenvalue weighted by Gasteiger charge is -2.31. The molecule has 1 atom stereocenters. The second-order valence-corrected chi connectivity index (χ2v) is 5.56. The fourth-order valence-corrected chi connectivity index (χ4v) is 2.31. The van der Waals surface area contributed by atoms with Crippen LogP contribution in [0.25, 0.3) is 0 Å². The molecule has 21 heavy (non-hydrogen) atoms. The lowest BCUT2D eigenvalue weighted by Crippen LogP contribution is -2.47. The third-order valence-electron chi connectivity index (χ3n) is 3.60. The van der Waals surface area contributed by atoms with Gasteiger partial charge < -0.3 is 15.8 Å². The maximum Gasteiger partial charge on any atom is 0.241 e. The van der Waals surface area contributed by atoms with Gasteiger partial charge in [0.2, 0.25) is 5.91 Å². The Morgan fingerprint density at radius 3 is 2.57 bits per heavy atom. The molecule has 0 aliphatic heterocycles. The standard InChI is InChI=1S/C16H27N3O2/c1-11(2)19(8-9-21-5)13(4)16(20)18-15-7-6-14(17)10-12(15)3/h6-7,10-11,13H,8-9,17H2,1-5H3,(H,18,20). The van der Waals surface area contributed by atoms with Crippen LogP contribution >= 0.6 is 0 Å². The van der Waals surface area contributed by atoms with E-state index in [2.05, 4.69) is 24.1 Å². The minimum Gasteiger partial charge on any atom is -0.399 e. The predicted octanol–water partition coefficient (Wildman–Crippen LogP) is 2.26. The van der Waals surface area contributed by atoms with Gasteiger partial charge in [-0.15, -0.1) is 0 Å². The first kappa shape index (κ1) is 17.5. The van der Waals surface area contributed by atoms with Crippen LogP contribution in [0.3, 0.4) is 0 Å². The van der Waals surface area contributed by atoms with Crippen LogP contribution in [-0.4, -0.2) is 43.2 Å². The first-order valence-corrected chi connectivity index (χ1v) is 7.28. The molecule has 5 heteroatoms. The van der Waals surface area contributed by atoms with Gasteiger partial charge in [0.25, 0.3) is 0 Å². The molecule has 1 aromatic rings. The van der Waals surface area contributed by atoms with Crippen LogP contribution < -0.4 is 11.1 Å². The normalized spacial score (nSPS) is 12.7. The predicted molar refractivity (Wildman–Crippen MR) is 87.4 cm³/mol. The van der Waals surface area contributed by atoms with Crippen molar-refractivity contribution >= 4 is 17.3 Å². The van der Waals surface area contributed by atoms with Gasteiger partial charge in [-0.25, -0.2) is 0 Å². The molecule has 1 amide bonds. The number of hydrogen-bond donors (Lipinski definition) is 2. The minimum absolute atomic E-state index is 0.0207. The maximum atomic E-state index is 12.4. The largest absolute Gasteiger partial charge is 0.399 e. The molecule has 0 radical (unpaired) electrons. The number of benzene rings is 1. The highest BCUT2D eigenvalue weighted by atomic mass is 16.5. The average Bonchev–Trinajstić information content (AvgIpc) is 2.41. The number of rotatable bonds is 7. The summed E-state index contributed by atoms with van der Waals surface area (Å²) >= 11 is 0. The molecule has 0 aliphatic rings. The molecule has 1 rings (SSSR count). The number of nitrogen functional groups attached to an aromatic ring is 1.